The Balaban J connectivity index is 2.92. The molecule has 2 unspecified atom stereocenters. The van der Waals surface area contributed by atoms with Crippen LogP contribution < -0.4 is 0 Å². The van der Waals surface area contributed by atoms with Crippen molar-refractivity contribution in [2.45, 2.75) is 25.2 Å². The number of alkyl halides is 4. The molecule has 6 heteroatoms. The molecule has 1 aromatic rings. The maximum atomic E-state index is 13.1. The van der Waals surface area contributed by atoms with E-state index in [9.17, 15) is 22.4 Å². The fraction of sp³-hybridized carbons (Fsp3) is 0.364. The standard InChI is InChI=1S/C11H10F4O2/c1-6(9(12)10(16)17)7-2-4-8(5-3-7)11(13,14)15/h2-6,9H,1H3,(H,16,17). The Hall–Kier alpha value is -1.59. The van der Waals surface area contributed by atoms with Gasteiger partial charge in [-0.1, -0.05) is 19.1 Å². The van der Waals surface area contributed by atoms with Crippen LogP contribution in [-0.4, -0.2) is 17.2 Å². The highest BCUT2D eigenvalue weighted by atomic mass is 19.4. The van der Waals surface area contributed by atoms with Crippen molar-refractivity contribution < 1.29 is 27.5 Å². The topological polar surface area (TPSA) is 37.3 Å². The molecule has 0 saturated heterocycles. The first-order chi connectivity index (χ1) is 7.73. The summed E-state index contributed by atoms with van der Waals surface area (Å²) in [6.07, 6.45) is -6.59. The number of carbonyl (C=O) groups is 1. The molecule has 0 spiro atoms. The molecule has 0 amide bonds. The summed E-state index contributed by atoms with van der Waals surface area (Å²) in [5.74, 6) is -2.62. The second kappa shape index (κ2) is 4.73. The Morgan fingerprint density at radius 1 is 1.24 bits per heavy atom. The third-order valence-corrected chi connectivity index (χ3v) is 2.44. The molecule has 0 aliphatic heterocycles. The number of hydrogen-bond donors (Lipinski definition) is 1. The minimum absolute atomic E-state index is 0.216. The number of carboxylic acid groups (broad SMARTS) is 1. The summed E-state index contributed by atoms with van der Waals surface area (Å²) in [6, 6.07) is 3.78. The van der Waals surface area contributed by atoms with E-state index in [1.165, 1.54) is 6.92 Å². The zero-order valence-electron chi connectivity index (χ0n) is 8.83. The zero-order chi connectivity index (χ0) is 13.2. The van der Waals surface area contributed by atoms with Gasteiger partial charge in [0.1, 0.15) is 0 Å². The van der Waals surface area contributed by atoms with E-state index in [1.54, 1.807) is 0 Å². The summed E-state index contributed by atoms with van der Waals surface area (Å²) in [7, 11) is 0. The summed E-state index contributed by atoms with van der Waals surface area (Å²) < 4.78 is 49.8. The second-order valence-electron chi connectivity index (χ2n) is 3.65. The predicted octanol–water partition coefficient (Wildman–Crippen LogP) is 3.23. The number of halogens is 4. The van der Waals surface area contributed by atoms with E-state index in [1.807, 2.05) is 0 Å². The van der Waals surface area contributed by atoms with Gasteiger partial charge in [-0.25, -0.2) is 9.18 Å². The van der Waals surface area contributed by atoms with Gasteiger partial charge in [-0.05, 0) is 17.7 Å². The maximum Gasteiger partial charge on any atom is 0.416 e. The second-order valence-corrected chi connectivity index (χ2v) is 3.65. The first-order valence-corrected chi connectivity index (χ1v) is 4.77. The van der Waals surface area contributed by atoms with Crippen LogP contribution in [0.15, 0.2) is 24.3 Å². The molecule has 0 saturated carbocycles. The third-order valence-electron chi connectivity index (χ3n) is 2.44. The molecule has 2 atom stereocenters. The largest absolute Gasteiger partial charge is 0.479 e. The lowest BCUT2D eigenvalue weighted by Gasteiger charge is -2.14. The molecule has 1 N–H and O–H groups in total. The average molecular weight is 250 g/mol. The van der Waals surface area contributed by atoms with Gasteiger partial charge in [-0.2, -0.15) is 13.2 Å². The Morgan fingerprint density at radius 2 is 1.71 bits per heavy atom. The van der Waals surface area contributed by atoms with Crippen LogP contribution in [0, 0.1) is 0 Å². The molecular weight excluding hydrogens is 240 g/mol. The van der Waals surface area contributed by atoms with Crippen molar-refractivity contribution in [1.82, 2.24) is 0 Å². The summed E-state index contributed by atoms with van der Waals surface area (Å²) in [5, 5.41) is 8.44. The molecule has 1 aromatic carbocycles. The van der Waals surface area contributed by atoms with Gasteiger partial charge in [0.25, 0.3) is 0 Å². The van der Waals surface area contributed by atoms with Gasteiger partial charge in [-0.15, -0.1) is 0 Å². The van der Waals surface area contributed by atoms with E-state index in [4.69, 9.17) is 5.11 Å². The molecule has 2 nitrogen and oxygen atoms in total. The highest BCUT2D eigenvalue weighted by molar-refractivity contribution is 5.73. The quantitative estimate of drug-likeness (QED) is 0.836. The van der Waals surface area contributed by atoms with E-state index < -0.39 is 29.8 Å². The molecule has 0 fully saturated rings. The molecule has 94 valence electrons. The number of rotatable bonds is 3. The lowest BCUT2D eigenvalue weighted by Crippen LogP contribution is -2.21. The van der Waals surface area contributed by atoms with E-state index in [0.29, 0.717) is 0 Å². The van der Waals surface area contributed by atoms with Crippen LogP contribution in [0.3, 0.4) is 0 Å². The number of carboxylic acids is 1. The van der Waals surface area contributed by atoms with Crippen LogP contribution in [-0.2, 0) is 11.0 Å². The fourth-order valence-corrected chi connectivity index (χ4v) is 1.36. The minimum Gasteiger partial charge on any atom is -0.479 e. The smallest absolute Gasteiger partial charge is 0.416 e. The highest BCUT2D eigenvalue weighted by Gasteiger charge is 2.31. The van der Waals surface area contributed by atoms with E-state index in [2.05, 4.69) is 0 Å². The first-order valence-electron chi connectivity index (χ1n) is 4.77. The molecule has 0 aromatic heterocycles. The van der Waals surface area contributed by atoms with Gasteiger partial charge in [-0.3, -0.25) is 0 Å². The zero-order valence-corrected chi connectivity index (χ0v) is 8.83. The van der Waals surface area contributed by atoms with E-state index in [0.717, 1.165) is 24.3 Å². The summed E-state index contributed by atoms with van der Waals surface area (Å²) >= 11 is 0. The molecule has 17 heavy (non-hydrogen) atoms. The molecule has 1 rings (SSSR count). The molecule has 0 radical (unpaired) electrons. The van der Waals surface area contributed by atoms with Gasteiger partial charge in [0.2, 0.25) is 6.17 Å². The third kappa shape index (κ3) is 3.18. The monoisotopic (exact) mass is 250 g/mol. The van der Waals surface area contributed by atoms with Crippen molar-refractivity contribution in [3.8, 4) is 0 Å². The number of aliphatic carboxylic acids is 1. The Morgan fingerprint density at radius 3 is 2.06 bits per heavy atom. The van der Waals surface area contributed by atoms with Crippen molar-refractivity contribution in [2.24, 2.45) is 0 Å². The van der Waals surface area contributed by atoms with Crippen molar-refractivity contribution in [3.05, 3.63) is 35.4 Å². The van der Waals surface area contributed by atoms with Crippen molar-refractivity contribution in [3.63, 3.8) is 0 Å². The van der Waals surface area contributed by atoms with Gasteiger partial charge in [0.05, 0.1) is 5.56 Å². The van der Waals surface area contributed by atoms with Crippen molar-refractivity contribution in [1.29, 1.82) is 0 Å². The molecule has 0 bridgehead atoms. The maximum absolute atomic E-state index is 13.1. The summed E-state index contributed by atoms with van der Waals surface area (Å²) in [4.78, 5) is 10.4. The minimum atomic E-state index is -4.45. The Kier molecular flexibility index (Phi) is 3.75. The summed E-state index contributed by atoms with van der Waals surface area (Å²) in [5.41, 5.74) is -0.632. The molecule has 0 heterocycles. The fourth-order valence-electron chi connectivity index (χ4n) is 1.36. The van der Waals surface area contributed by atoms with Crippen LogP contribution in [0.25, 0.3) is 0 Å². The van der Waals surface area contributed by atoms with Gasteiger partial charge < -0.3 is 5.11 Å². The van der Waals surface area contributed by atoms with E-state index >= 15 is 0 Å². The Labute approximate surface area is 94.9 Å². The molecule has 0 aliphatic carbocycles. The van der Waals surface area contributed by atoms with Crippen LogP contribution in [0.1, 0.15) is 24.0 Å². The molecular formula is C11H10F4O2. The Bertz CT molecular complexity index is 397. The van der Waals surface area contributed by atoms with Crippen molar-refractivity contribution in [2.75, 3.05) is 0 Å². The van der Waals surface area contributed by atoms with Crippen LogP contribution >= 0.6 is 0 Å². The number of hydrogen-bond acceptors (Lipinski definition) is 1. The van der Waals surface area contributed by atoms with Gasteiger partial charge in [0, 0.05) is 5.92 Å². The normalized spacial score (nSPS) is 15.4. The first kappa shape index (κ1) is 13.5. The van der Waals surface area contributed by atoms with Crippen molar-refractivity contribution >= 4 is 5.97 Å². The van der Waals surface area contributed by atoms with Gasteiger partial charge in [0.15, 0.2) is 0 Å². The van der Waals surface area contributed by atoms with E-state index in [-0.39, 0.29) is 5.56 Å². The lowest BCUT2D eigenvalue weighted by atomic mass is 9.95. The van der Waals surface area contributed by atoms with Gasteiger partial charge >= 0.3 is 12.1 Å². The lowest BCUT2D eigenvalue weighted by molar-refractivity contribution is -0.143. The molecule has 0 aliphatic rings. The summed E-state index contributed by atoms with van der Waals surface area (Å²) in [6.45, 7) is 1.31. The highest BCUT2D eigenvalue weighted by Crippen LogP contribution is 2.31. The van der Waals surface area contributed by atoms with Crippen LogP contribution in [0.4, 0.5) is 17.6 Å². The SMILES string of the molecule is CC(c1ccc(C(F)(F)F)cc1)C(F)C(=O)O. The predicted molar refractivity (Wildman–Crippen MR) is 52.4 cm³/mol. The average Bonchev–Trinajstić information content (AvgIpc) is 2.26. The number of benzene rings is 1. The van der Waals surface area contributed by atoms with Crippen LogP contribution in [0.5, 0.6) is 0 Å². The van der Waals surface area contributed by atoms with Crippen LogP contribution in [0.2, 0.25) is 0 Å².